The van der Waals surface area contributed by atoms with Crippen LogP contribution in [0.25, 0.3) is 0 Å². The SMILES string of the molecule is CCCCCN(CCCCC)C[C@@H](C)NC(=O)c1ccn(COc2cc(C)cc(C)c2)n1. The number of amides is 1. The van der Waals surface area contributed by atoms with Crippen LogP contribution in [-0.2, 0) is 6.73 Å². The van der Waals surface area contributed by atoms with E-state index in [2.05, 4.69) is 42.2 Å². The summed E-state index contributed by atoms with van der Waals surface area (Å²) in [5, 5.41) is 7.50. The summed E-state index contributed by atoms with van der Waals surface area (Å²) in [5.74, 6) is 0.675. The molecule has 0 aliphatic rings. The summed E-state index contributed by atoms with van der Waals surface area (Å²) in [5.41, 5.74) is 2.74. The molecule has 2 rings (SSSR count). The molecule has 0 bridgehead atoms. The van der Waals surface area contributed by atoms with Crippen LogP contribution in [0.15, 0.2) is 30.5 Å². The van der Waals surface area contributed by atoms with Crippen LogP contribution in [0.2, 0.25) is 0 Å². The predicted octanol–water partition coefficient (Wildman–Crippen LogP) is 5.34. The van der Waals surface area contributed by atoms with Gasteiger partial charge in [-0.1, -0.05) is 45.6 Å². The van der Waals surface area contributed by atoms with Gasteiger partial charge < -0.3 is 15.0 Å². The summed E-state index contributed by atoms with van der Waals surface area (Å²) in [6, 6.07) is 7.92. The monoisotopic (exact) mass is 442 g/mol. The summed E-state index contributed by atoms with van der Waals surface area (Å²) in [4.78, 5) is 15.2. The van der Waals surface area contributed by atoms with Crippen molar-refractivity contribution < 1.29 is 9.53 Å². The molecule has 32 heavy (non-hydrogen) atoms. The summed E-state index contributed by atoms with van der Waals surface area (Å²) >= 11 is 0. The largest absolute Gasteiger partial charge is 0.471 e. The molecule has 0 radical (unpaired) electrons. The van der Waals surface area contributed by atoms with Gasteiger partial charge in [-0.15, -0.1) is 0 Å². The average molecular weight is 443 g/mol. The quantitative estimate of drug-likeness (QED) is 0.378. The van der Waals surface area contributed by atoms with Gasteiger partial charge in [-0.2, -0.15) is 5.10 Å². The number of unbranched alkanes of at least 4 members (excludes halogenated alkanes) is 4. The minimum atomic E-state index is -0.135. The zero-order valence-electron chi connectivity index (χ0n) is 20.7. The Morgan fingerprint density at radius 3 is 2.28 bits per heavy atom. The Bertz CT molecular complexity index is 788. The summed E-state index contributed by atoms with van der Waals surface area (Å²) in [6.07, 6.45) is 9.18. The molecule has 2 aromatic rings. The van der Waals surface area contributed by atoms with Gasteiger partial charge in [-0.05, 0) is 76.0 Å². The van der Waals surface area contributed by atoms with E-state index in [4.69, 9.17) is 4.74 Å². The Labute approximate surface area is 194 Å². The van der Waals surface area contributed by atoms with Crippen LogP contribution in [0.4, 0.5) is 0 Å². The Hall–Kier alpha value is -2.34. The van der Waals surface area contributed by atoms with Crippen LogP contribution in [0.1, 0.15) is 80.9 Å². The highest BCUT2D eigenvalue weighted by molar-refractivity contribution is 5.92. The molecule has 1 atom stereocenters. The number of carbonyl (C=O) groups is 1. The van der Waals surface area contributed by atoms with Crippen LogP contribution in [0.3, 0.4) is 0 Å². The maximum absolute atomic E-state index is 12.7. The zero-order valence-corrected chi connectivity index (χ0v) is 20.7. The van der Waals surface area contributed by atoms with Gasteiger partial charge in [0.1, 0.15) is 11.4 Å². The number of aryl methyl sites for hydroxylation is 2. The molecule has 6 heteroatoms. The fourth-order valence-electron chi connectivity index (χ4n) is 3.91. The van der Waals surface area contributed by atoms with E-state index >= 15 is 0 Å². The van der Waals surface area contributed by atoms with Crippen LogP contribution in [0.5, 0.6) is 5.75 Å². The molecule has 1 amide bonds. The molecule has 0 saturated heterocycles. The average Bonchev–Trinajstić information content (AvgIpc) is 3.21. The molecule has 1 aromatic heterocycles. The van der Waals surface area contributed by atoms with Crippen molar-refractivity contribution in [3.05, 3.63) is 47.3 Å². The fraction of sp³-hybridized carbons (Fsp3) is 0.615. The van der Waals surface area contributed by atoms with Gasteiger partial charge in [0.25, 0.3) is 5.91 Å². The van der Waals surface area contributed by atoms with Crippen molar-refractivity contribution >= 4 is 5.91 Å². The maximum Gasteiger partial charge on any atom is 0.272 e. The molecule has 1 N–H and O–H groups in total. The zero-order chi connectivity index (χ0) is 23.3. The first-order valence-corrected chi connectivity index (χ1v) is 12.2. The molecule has 0 aliphatic carbocycles. The molecule has 0 unspecified atom stereocenters. The number of hydrogen-bond acceptors (Lipinski definition) is 4. The van der Waals surface area contributed by atoms with E-state index in [0.29, 0.717) is 5.69 Å². The molecule has 0 spiro atoms. The lowest BCUT2D eigenvalue weighted by Crippen LogP contribution is -2.42. The number of nitrogens with zero attached hydrogens (tertiary/aromatic N) is 3. The Morgan fingerprint density at radius 1 is 1.06 bits per heavy atom. The van der Waals surface area contributed by atoms with Crippen molar-refractivity contribution in [2.45, 2.75) is 85.9 Å². The summed E-state index contributed by atoms with van der Waals surface area (Å²) in [7, 11) is 0. The number of nitrogens with one attached hydrogen (secondary N) is 1. The third-order valence-corrected chi connectivity index (χ3v) is 5.50. The number of ether oxygens (including phenoxy) is 1. The molecule has 0 saturated carbocycles. The van der Waals surface area contributed by atoms with E-state index in [1.165, 1.54) is 38.5 Å². The van der Waals surface area contributed by atoms with Crippen molar-refractivity contribution in [1.82, 2.24) is 20.0 Å². The standard InChI is InChI=1S/C26H42N4O2/c1-6-8-10-13-29(14-11-9-7-2)19-23(5)27-26(31)25-12-15-30(28-25)20-32-24-17-21(3)16-22(4)18-24/h12,15-18,23H,6-11,13-14,19-20H2,1-5H3,(H,27,31)/t23-/m1/s1. The maximum atomic E-state index is 12.7. The van der Waals surface area contributed by atoms with Gasteiger partial charge in [-0.3, -0.25) is 4.79 Å². The number of rotatable bonds is 15. The van der Waals surface area contributed by atoms with Crippen molar-refractivity contribution in [2.75, 3.05) is 19.6 Å². The normalized spacial score (nSPS) is 12.2. The fourth-order valence-corrected chi connectivity index (χ4v) is 3.91. The highest BCUT2D eigenvalue weighted by Gasteiger charge is 2.15. The Morgan fingerprint density at radius 2 is 1.69 bits per heavy atom. The Balaban J connectivity index is 1.84. The van der Waals surface area contributed by atoms with E-state index in [0.717, 1.165) is 36.5 Å². The van der Waals surface area contributed by atoms with Crippen molar-refractivity contribution in [1.29, 1.82) is 0 Å². The van der Waals surface area contributed by atoms with Crippen LogP contribution in [0, 0.1) is 13.8 Å². The second-order valence-corrected chi connectivity index (χ2v) is 8.93. The van der Waals surface area contributed by atoms with Gasteiger partial charge in [-0.25, -0.2) is 4.68 Å². The van der Waals surface area contributed by atoms with Crippen LogP contribution in [-0.4, -0.2) is 46.3 Å². The highest BCUT2D eigenvalue weighted by Crippen LogP contribution is 2.16. The molecule has 178 valence electrons. The van der Waals surface area contributed by atoms with E-state index in [1.54, 1.807) is 16.9 Å². The molecular formula is C26H42N4O2. The number of aromatic nitrogens is 2. The Kier molecular flexibility index (Phi) is 11.3. The van der Waals surface area contributed by atoms with E-state index < -0.39 is 0 Å². The highest BCUT2D eigenvalue weighted by atomic mass is 16.5. The second-order valence-electron chi connectivity index (χ2n) is 8.93. The minimum Gasteiger partial charge on any atom is -0.471 e. The van der Waals surface area contributed by atoms with Crippen molar-refractivity contribution in [3.8, 4) is 5.75 Å². The molecule has 0 aliphatic heterocycles. The number of hydrogen-bond donors (Lipinski definition) is 1. The third-order valence-electron chi connectivity index (χ3n) is 5.50. The van der Waals surface area contributed by atoms with Crippen molar-refractivity contribution in [2.24, 2.45) is 0 Å². The number of benzene rings is 1. The van der Waals surface area contributed by atoms with E-state index in [1.807, 2.05) is 26.0 Å². The molecule has 1 aromatic carbocycles. The number of carbonyl (C=O) groups excluding carboxylic acids is 1. The molecule has 6 nitrogen and oxygen atoms in total. The van der Waals surface area contributed by atoms with Gasteiger partial charge in [0.05, 0.1) is 0 Å². The first-order valence-electron chi connectivity index (χ1n) is 12.2. The van der Waals surface area contributed by atoms with Crippen LogP contribution >= 0.6 is 0 Å². The molecule has 0 fully saturated rings. The summed E-state index contributed by atoms with van der Waals surface area (Å²) in [6.45, 7) is 14.0. The van der Waals surface area contributed by atoms with Gasteiger partial charge in [0.15, 0.2) is 6.73 Å². The molecule has 1 heterocycles. The van der Waals surface area contributed by atoms with Gasteiger partial charge in [0.2, 0.25) is 0 Å². The van der Waals surface area contributed by atoms with Gasteiger partial charge >= 0.3 is 0 Å². The molecular weight excluding hydrogens is 400 g/mol. The van der Waals surface area contributed by atoms with E-state index in [-0.39, 0.29) is 18.7 Å². The minimum absolute atomic E-state index is 0.0717. The third kappa shape index (κ3) is 9.43. The van der Waals surface area contributed by atoms with Crippen molar-refractivity contribution in [3.63, 3.8) is 0 Å². The van der Waals surface area contributed by atoms with Gasteiger partial charge in [0, 0.05) is 18.8 Å². The second kappa shape index (κ2) is 13.9. The smallest absolute Gasteiger partial charge is 0.272 e. The summed E-state index contributed by atoms with van der Waals surface area (Å²) < 4.78 is 7.49. The lowest BCUT2D eigenvalue weighted by molar-refractivity contribution is 0.0921. The first-order chi connectivity index (χ1) is 15.4. The van der Waals surface area contributed by atoms with Crippen LogP contribution < -0.4 is 10.1 Å². The predicted molar refractivity (Wildman–Crippen MR) is 131 cm³/mol. The lowest BCUT2D eigenvalue weighted by Gasteiger charge is -2.26. The van der Waals surface area contributed by atoms with E-state index in [9.17, 15) is 4.79 Å². The lowest BCUT2D eigenvalue weighted by atomic mass is 10.1. The topological polar surface area (TPSA) is 59.4 Å². The first kappa shape index (κ1) is 25.9.